The third-order valence-corrected chi connectivity index (χ3v) is 3.92. The molecule has 0 aromatic heterocycles. The van der Waals surface area contributed by atoms with Crippen molar-refractivity contribution in [3.63, 3.8) is 0 Å². The van der Waals surface area contributed by atoms with Crippen molar-refractivity contribution < 1.29 is 18.1 Å². The van der Waals surface area contributed by atoms with E-state index in [2.05, 4.69) is 0 Å². The van der Waals surface area contributed by atoms with Crippen LogP contribution in [-0.2, 0) is 19.1 Å². The van der Waals surface area contributed by atoms with Crippen LogP contribution in [0.1, 0.15) is 16.7 Å². The number of hydrogen-bond donors (Lipinski definition) is 0. The van der Waals surface area contributed by atoms with Crippen molar-refractivity contribution in [1.82, 2.24) is 0 Å². The fraction of sp³-hybridized carbons (Fsp3) is 0.250. The molecule has 0 unspecified atom stereocenters. The maximum absolute atomic E-state index is 12.6. The van der Waals surface area contributed by atoms with Crippen molar-refractivity contribution in [2.24, 2.45) is 0 Å². The van der Waals surface area contributed by atoms with Crippen molar-refractivity contribution in [2.75, 3.05) is 11.4 Å². The van der Waals surface area contributed by atoms with Crippen LogP contribution in [0.25, 0.3) is 0 Å². The summed E-state index contributed by atoms with van der Waals surface area (Å²) in [6.45, 7) is 1.17. The lowest BCUT2D eigenvalue weighted by molar-refractivity contribution is -0.384. The number of halogens is 3. The Hall–Kier alpha value is -2.57. The molecular formula is C16H13F3N2O2. The van der Waals surface area contributed by atoms with E-state index in [0.717, 1.165) is 28.9 Å². The van der Waals surface area contributed by atoms with Gasteiger partial charge in [-0.2, -0.15) is 13.2 Å². The number of nitro benzene ring substituents is 1. The highest BCUT2D eigenvalue weighted by molar-refractivity contribution is 5.61. The van der Waals surface area contributed by atoms with Crippen LogP contribution >= 0.6 is 0 Å². The smallest absolute Gasteiger partial charge is 0.367 e. The molecule has 0 spiro atoms. The third-order valence-electron chi connectivity index (χ3n) is 3.92. The molecule has 0 aliphatic carbocycles. The van der Waals surface area contributed by atoms with Crippen molar-refractivity contribution >= 4 is 11.4 Å². The summed E-state index contributed by atoms with van der Waals surface area (Å²) in [5, 5.41) is 10.8. The van der Waals surface area contributed by atoms with Crippen LogP contribution in [0.5, 0.6) is 0 Å². The van der Waals surface area contributed by atoms with E-state index < -0.39 is 16.7 Å². The van der Waals surface area contributed by atoms with E-state index in [1.54, 1.807) is 12.1 Å². The Morgan fingerprint density at radius 2 is 1.83 bits per heavy atom. The zero-order valence-corrected chi connectivity index (χ0v) is 12.0. The summed E-state index contributed by atoms with van der Waals surface area (Å²) in [5.41, 5.74) is 1.95. The van der Waals surface area contributed by atoms with Crippen LogP contribution in [0.2, 0.25) is 0 Å². The van der Waals surface area contributed by atoms with Gasteiger partial charge in [-0.05, 0) is 35.7 Å². The largest absolute Gasteiger partial charge is 0.416 e. The second-order valence-corrected chi connectivity index (χ2v) is 5.44. The van der Waals surface area contributed by atoms with E-state index in [1.807, 2.05) is 4.90 Å². The van der Waals surface area contributed by atoms with Crippen molar-refractivity contribution in [3.8, 4) is 0 Å². The second-order valence-electron chi connectivity index (χ2n) is 5.44. The van der Waals surface area contributed by atoms with Crippen LogP contribution in [0.3, 0.4) is 0 Å². The summed E-state index contributed by atoms with van der Waals surface area (Å²) < 4.78 is 37.7. The number of rotatable bonds is 3. The van der Waals surface area contributed by atoms with Gasteiger partial charge in [0.25, 0.3) is 5.69 Å². The van der Waals surface area contributed by atoms with Crippen molar-refractivity contribution in [1.29, 1.82) is 0 Å². The monoisotopic (exact) mass is 322 g/mol. The molecule has 0 amide bonds. The van der Waals surface area contributed by atoms with Crippen LogP contribution in [0.15, 0.2) is 42.5 Å². The zero-order valence-electron chi connectivity index (χ0n) is 12.0. The highest BCUT2D eigenvalue weighted by Crippen LogP contribution is 2.33. The molecule has 0 radical (unpaired) electrons. The Balaban J connectivity index is 1.77. The maximum Gasteiger partial charge on any atom is 0.416 e. The molecule has 4 nitrogen and oxygen atoms in total. The first-order valence-corrected chi connectivity index (χ1v) is 7.03. The first-order chi connectivity index (χ1) is 10.8. The van der Waals surface area contributed by atoms with Gasteiger partial charge < -0.3 is 4.90 Å². The van der Waals surface area contributed by atoms with Crippen molar-refractivity contribution in [2.45, 2.75) is 19.1 Å². The molecule has 23 heavy (non-hydrogen) atoms. The van der Waals surface area contributed by atoms with E-state index in [1.165, 1.54) is 18.2 Å². The predicted molar refractivity (Wildman–Crippen MR) is 79.3 cm³/mol. The molecule has 0 saturated heterocycles. The van der Waals surface area contributed by atoms with Gasteiger partial charge in [-0.1, -0.05) is 12.1 Å². The Labute approximate surface area is 130 Å². The van der Waals surface area contributed by atoms with E-state index in [0.29, 0.717) is 19.5 Å². The molecule has 7 heteroatoms. The first-order valence-electron chi connectivity index (χ1n) is 7.03. The predicted octanol–water partition coefficient (Wildman–Crippen LogP) is 4.18. The topological polar surface area (TPSA) is 46.4 Å². The SMILES string of the molecule is O=[N+]([O-])c1ccc2c(c1)CCN2Cc1ccc(C(F)(F)F)cc1. The highest BCUT2D eigenvalue weighted by Gasteiger charge is 2.30. The molecule has 2 aromatic rings. The lowest BCUT2D eigenvalue weighted by Crippen LogP contribution is -2.19. The molecule has 120 valence electrons. The van der Waals surface area contributed by atoms with Gasteiger partial charge in [0.05, 0.1) is 10.5 Å². The van der Waals surface area contributed by atoms with Gasteiger partial charge in [-0.25, -0.2) is 0 Å². The van der Waals surface area contributed by atoms with Gasteiger partial charge in [-0.15, -0.1) is 0 Å². The number of anilines is 1. The minimum Gasteiger partial charge on any atom is -0.367 e. The minimum atomic E-state index is -4.34. The number of benzene rings is 2. The summed E-state index contributed by atoms with van der Waals surface area (Å²) in [5.74, 6) is 0. The van der Waals surface area contributed by atoms with E-state index in [-0.39, 0.29) is 5.69 Å². The number of hydrogen-bond acceptors (Lipinski definition) is 3. The highest BCUT2D eigenvalue weighted by atomic mass is 19.4. The number of nitro groups is 1. The van der Waals surface area contributed by atoms with Gasteiger partial charge >= 0.3 is 6.18 Å². The molecule has 0 atom stereocenters. The first kappa shape index (κ1) is 15.3. The average Bonchev–Trinajstić information content (AvgIpc) is 2.89. The number of alkyl halides is 3. The Bertz CT molecular complexity index is 742. The maximum atomic E-state index is 12.6. The second kappa shape index (κ2) is 5.57. The molecule has 0 fully saturated rings. The molecular weight excluding hydrogens is 309 g/mol. The fourth-order valence-corrected chi connectivity index (χ4v) is 2.75. The molecule has 0 bridgehead atoms. The standard InChI is InChI=1S/C16H13F3N2O2/c17-16(18,19)13-3-1-11(2-4-13)10-20-8-7-12-9-14(21(22)23)5-6-15(12)20/h1-6,9H,7-8,10H2. The molecule has 1 aliphatic rings. The number of non-ortho nitro benzene ring substituents is 1. The minimum absolute atomic E-state index is 0.0557. The average molecular weight is 322 g/mol. The van der Waals surface area contributed by atoms with Gasteiger partial charge in [0.15, 0.2) is 0 Å². The molecule has 0 saturated carbocycles. The molecule has 1 aliphatic heterocycles. The van der Waals surface area contributed by atoms with Crippen LogP contribution < -0.4 is 4.90 Å². The van der Waals surface area contributed by atoms with E-state index >= 15 is 0 Å². The van der Waals surface area contributed by atoms with Gasteiger partial charge in [0.2, 0.25) is 0 Å². The normalized spacial score (nSPS) is 14.0. The quantitative estimate of drug-likeness (QED) is 0.629. The van der Waals surface area contributed by atoms with Crippen molar-refractivity contribution in [3.05, 3.63) is 69.3 Å². The Morgan fingerprint density at radius 1 is 1.13 bits per heavy atom. The third kappa shape index (κ3) is 3.13. The summed E-state index contributed by atoms with van der Waals surface area (Å²) in [7, 11) is 0. The van der Waals surface area contributed by atoms with Gasteiger partial charge in [0.1, 0.15) is 0 Å². The number of nitrogens with zero attached hydrogens (tertiary/aromatic N) is 2. The summed E-state index contributed by atoms with van der Waals surface area (Å²) >= 11 is 0. The van der Waals surface area contributed by atoms with Crippen LogP contribution in [0, 0.1) is 10.1 Å². The Kier molecular flexibility index (Phi) is 3.71. The Morgan fingerprint density at radius 3 is 2.43 bits per heavy atom. The van der Waals surface area contributed by atoms with E-state index in [4.69, 9.17) is 0 Å². The molecule has 0 N–H and O–H groups in total. The zero-order chi connectivity index (χ0) is 16.6. The summed E-state index contributed by atoms with van der Waals surface area (Å²) in [4.78, 5) is 12.4. The fourth-order valence-electron chi connectivity index (χ4n) is 2.75. The lowest BCUT2D eigenvalue weighted by Gasteiger charge is -2.19. The lowest BCUT2D eigenvalue weighted by atomic mass is 10.1. The van der Waals surface area contributed by atoms with E-state index in [9.17, 15) is 23.3 Å². The summed E-state index contributed by atoms with van der Waals surface area (Å²) in [6, 6.07) is 9.78. The van der Waals surface area contributed by atoms with Crippen LogP contribution in [-0.4, -0.2) is 11.5 Å². The molecule has 3 rings (SSSR count). The molecule has 2 aromatic carbocycles. The number of fused-ring (bicyclic) bond motifs is 1. The van der Waals surface area contributed by atoms with Crippen LogP contribution in [0.4, 0.5) is 24.5 Å². The molecule has 1 heterocycles. The van der Waals surface area contributed by atoms with Gasteiger partial charge in [-0.3, -0.25) is 10.1 Å². The van der Waals surface area contributed by atoms with Gasteiger partial charge in [0, 0.05) is 30.9 Å². The summed E-state index contributed by atoms with van der Waals surface area (Å²) in [6.07, 6.45) is -3.64.